The Labute approximate surface area is 77.9 Å². The van der Waals surface area contributed by atoms with Crippen molar-refractivity contribution in [2.24, 2.45) is 17.3 Å². The fourth-order valence-corrected chi connectivity index (χ4v) is 2.16. The summed E-state index contributed by atoms with van der Waals surface area (Å²) in [5.41, 5.74) is -0.366. The minimum Gasteiger partial charge on any atom is -0.355 e. The number of amides is 1. The Morgan fingerprint density at radius 1 is 1.23 bits per heavy atom. The van der Waals surface area contributed by atoms with Gasteiger partial charge in [0.2, 0.25) is 5.91 Å². The molecule has 2 aliphatic rings. The number of hydrogen-bond acceptors (Lipinski definition) is 2. The van der Waals surface area contributed by atoms with Gasteiger partial charge in [0.15, 0.2) is 0 Å². The van der Waals surface area contributed by atoms with Gasteiger partial charge in [0.25, 0.3) is 0 Å². The van der Waals surface area contributed by atoms with Gasteiger partial charge in [-0.05, 0) is 12.8 Å². The molecule has 72 valence electrons. The van der Waals surface area contributed by atoms with Crippen molar-refractivity contribution in [3.63, 3.8) is 0 Å². The lowest BCUT2D eigenvalue weighted by atomic mass is 9.66. The molecule has 2 rings (SSSR count). The van der Waals surface area contributed by atoms with Crippen LogP contribution >= 0.6 is 0 Å². The van der Waals surface area contributed by atoms with Crippen molar-refractivity contribution in [3.05, 3.63) is 0 Å². The van der Waals surface area contributed by atoms with Crippen molar-refractivity contribution in [1.29, 1.82) is 0 Å². The number of hydrogen-bond donors (Lipinski definition) is 1. The smallest absolute Gasteiger partial charge is 0.223 e. The van der Waals surface area contributed by atoms with Crippen LogP contribution in [0.25, 0.3) is 0 Å². The summed E-state index contributed by atoms with van der Waals surface area (Å²) >= 11 is 0. The highest BCUT2D eigenvalue weighted by Gasteiger charge is 2.48. The number of carbonyl (C=O) groups is 2. The highest BCUT2D eigenvalue weighted by molar-refractivity contribution is 5.95. The van der Waals surface area contributed by atoms with E-state index in [0.29, 0.717) is 6.54 Å². The third kappa shape index (κ3) is 1.18. The summed E-state index contributed by atoms with van der Waals surface area (Å²) in [6, 6.07) is 0. The minimum absolute atomic E-state index is 0.0116. The molecular formula is C10H15NO2. The first kappa shape index (κ1) is 8.73. The summed E-state index contributed by atoms with van der Waals surface area (Å²) in [6.07, 6.45) is 1.79. The average molecular weight is 181 g/mol. The lowest BCUT2D eigenvalue weighted by Crippen LogP contribution is -2.41. The van der Waals surface area contributed by atoms with Gasteiger partial charge in [-0.25, -0.2) is 0 Å². The molecule has 3 heteroatoms. The Morgan fingerprint density at radius 3 is 2.38 bits per heavy atom. The molecule has 0 aromatic heterocycles. The standard InChI is InChI=1S/C10H15NO2/c1-10(2)5-11-9(13)7-4-3-6(7)8(10)12/h6-7H,3-5H2,1-2H3,(H,11,13)/t6-,7+/m0/s1. The third-order valence-corrected chi connectivity index (χ3v) is 3.32. The molecule has 1 aliphatic carbocycles. The summed E-state index contributed by atoms with van der Waals surface area (Å²) in [7, 11) is 0. The second kappa shape index (κ2) is 2.56. The number of carbonyl (C=O) groups excluding carboxylic acids is 2. The minimum atomic E-state index is -0.366. The SMILES string of the molecule is CC1(C)CNC(=O)[C@@H]2CC[C@@H]2C1=O. The van der Waals surface area contributed by atoms with Gasteiger partial charge >= 0.3 is 0 Å². The number of rotatable bonds is 0. The predicted molar refractivity (Wildman–Crippen MR) is 48.0 cm³/mol. The maximum absolute atomic E-state index is 11.9. The zero-order valence-electron chi connectivity index (χ0n) is 8.09. The van der Waals surface area contributed by atoms with E-state index >= 15 is 0 Å². The monoisotopic (exact) mass is 181 g/mol. The maximum Gasteiger partial charge on any atom is 0.223 e. The van der Waals surface area contributed by atoms with Crippen molar-refractivity contribution in [2.45, 2.75) is 26.7 Å². The van der Waals surface area contributed by atoms with Gasteiger partial charge in [-0.2, -0.15) is 0 Å². The molecule has 2 fully saturated rings. The van der Waals surface area contributed by atoms with E-state index in [1.165, 1.54) is 0 Å². The van der Waals surface area contributed by atoms with Crippen molar-refractivity contribution in [1.82, 2.24) is 5.32 Å². The van der Waals surface area contributed by atoms with Gasteiger partial charge in [-0.15, -0.1) is 0 Å². The molecule has 0 aromatic carbocycles. The first-order valence-corrected chi connectivity index (χ1v) is 4.84. The lowest BCUT2D eigenvalue weighted by Gasteiger charge is -2.34. The molecule has 0 unspecified atom stereocenters. The van der Waals surface area contributed by atoms with E-state index < -0.39 is 0 Å². The van der Waals surface area contributed by atoms with Crippen LogP contribution in [-0.2, 0) is 9.59 Å². The molecule has 1 amide bonds. The molecule has 1 aliphatic heterocycles. The maximum atomic E-state index is 11.9. The van der Waals surface area contributed by atoms with Gasteiger partial charge in [0, 0.05) is 23.8 Å². The Kier molecular flexibility index (Phi) is 1.72. The molecule has 1 N–H and O–H groups in total. The molecule has 13 heavy (non-hydrogen) atoms. The molecular weight excluding hydrogens is 166 g/mol. The second-order valence-corrected chi connectivity index (χ2v) is 4.76. The zero-order valence-corrected chi connectivity index (χ0v) is 8.09. The number of Topliss-reactive ketones (excluding diaryl/α,β-unsaturated/α-hetero) is 1. The summed E-state index contributed by atoms with van der Waals surface area (Å²) in [5, 5.41) is 2.84. The Bertz CT molecular complexity index is 270. The van der Waals surface area contributed by atoms with E-state index in [4.69, 9.17) is 0 Å². The quantitative estimate of drug-likeness (QED) is 0.599. The van der Waals surface area contributed by atoms with Gasteiger partial charge in [-0.3, -0.25) is 9.59 Å². The Morgan fingerprint density at radius 2 is 1.85 bits per heavy atom. The molecule has 2 atom stereocenters. The summed E-state index contributed by atoms with van der Waals surface area (Å²) in [6.45, 7) is 4.32. The summed E-state index contributed by atoms with van der Waals surface area (Å²) < 4.78 is 0. The van der Waals surface area contributed by atoms with Crippen LogP contribution in [0.15, 0.2) is 0 Å². The predicted octanol–water partition coefficient (Wildman–Crippen LogP) is 0.738. The van der Waals surface area contributed by atoms with E-state index in [1.54, 1.807) is 0 Å². The van der Waals surface area contributed by atoms with E-state index in [0.717, 1.165) is 12.8 Å². The molecule has 3 nitrogen and oxygen atoms in total. The van der Waals surface area contributed by atoms with Crippen molar-refractivity contribution in [3.8, 4) is 0 Å². The van der Waals surface area contributed by atoms with Gasteiger partial charge in [-0.1, -0.05) is 13.8 Å². The molecule has 0 bridgehead atoms. The zero-order chi connectivity index (χ0) is 9.64. The van der Waals surface area contributed by atoms with Gasteiger partial charge < -0.3 is 5.32 Å². The fraction of sp³-hybridized carbons (Fsp3) is 0.800. The molecule has 0 aromatic rings. The fourth-order valence-electron chi connectivity index (χ4n) is 2.16. The van der Waals surface area contributed by atoms with Crippen LogP contribution in [0.4, 0.5) is 0 Å². The van der Waals surface area contributed by atoms with Crippen molar-refractivity contribution < 1.29 is 9.59 Å². The molecule has 0 spiro atoms. The average Bonchev–Trinajstić information content (AvgIpc) is 2.02. The van der Waals surface area contributed by atoms with Crippen LogP contribution in [0.5, 0.6) is 0 Å². The third-order valence-electron chi connectivity index (χ3n) is 3.32. The van der Waals surface area contributed by atoms with Crippen LogP contribution in [0.3, 0.4) is 0 Å². The van der Waals surface area contributed by atoms with Crippen LogP contribution < -0.4 is 5.32 Å². The van der Waals surface area contributed by atoms with Crippen molar-refractivity contribution in [2.75, 3.05) is 6.54 Å². The van der Waals surface area contributed by atoms with E-state index in [9.17, 15) is 9.59 Å². The van der Waals surface area contributed by atoms with Crippen LogP contribution in [0, 0.1) is 17.3 Å². The highest BCUT2D eigenvalue weighted by atomic mass is 16.2. The topological polar surface area (TPSA) is 46.2 Å². The van der Waals surface area contributed by atoms with Gasteiger partial charge in [0.05, 0.1) is 0 Å². The number of nitrogens with one attached hydrogen (secondary N) is 1. The number of fused-ring (bicyclic) bond motifs is 1. The molecule has 1 heterocycles. The molecule has 1 saturated carbocycles. The Hall–Kier alpha value is -0.860. The van der Waals surface area contributed by atoms with E-state index in [1.807, 2.05) is 13.8 Å². The molecule has 0 radical (unpaired) electrons. The van der Waals surface area contributed by atoms with E-state index in [2.05, 4.69) is 5.32 Å². The first-order chi connectivity index (χ1) is 6.02. The number of ketones is 1. The first-order valence-electron chi connectivity index (χ1n) is 4.84. The largest absolute Gasteiger partial charge is 0.355 e. The van der Waals surface area contributed by atoms with Crippen LogP contribution in [0.1, 0.15) is 26.7 Å². The van der Waals surface area contributed by atoms with Crippen LogP contribution in [0.2, 0.25) is 0 Å². The summed E-state index contributed by atoms with van der Waals surface area (Å²) in [5.74, 6) is 0.337. The van der Waals surface area contributed by atoms with Crippen molar-refractivity contribution >= 4 is 11.7 Å². The highest BCUT2D eigenvalue weighted by Crippen LogP contribution is 2.41. The second-order valence-electron chi connectivity index (χ2n) is 4.76. The summed E-state index contributed by atoms with van der Waals surface area (Å²) in [4.78, 5) is 23.3. The van der Waals surface area contributed by atoms with Crippen LogP contribution in [-0.4, -0.2) is 18.2 Å². The molecule has 1 saturated heterocycles. The van der Waals surface area contributed by atoms with Gasteiger partial charge in [0.1, 0.15) is 5.78 Å². The normalized spacial score (nSPS) is 37.1. The van der Waals surface area contributed by atoms with E-state index in [-0.39, 0.29) is 28.9 Å². The lowest BCUT2D eigenvalue weighted by molar-refractivity contribution is -0.139. The Balaban J connectivity index is 2.26.